The number of hydrogen-bond acceptors (Lipinski definition) is 1. The molecule has 0 rings (SSSR count). The van der Waals surface area contributed by atoms with Crippen LogP contribution in [-0.2, 0) is 0 Å². The number of hydrogen-bond donors (Lipinski definition) is 0. The average molecular weight is 209 g/mol. The molecule has 0 saturated heterocycles. The summed E-state index contributed by atoms with van der Waals surface area (Å²) in [5.41, 5.74) is 0. The van der Waals surface area contributed by atoms with Gasteiger partial charge in [-0.1, -0.05) is 13.3 Å². The van der Waals surface area contributed by atoms with Crippen molar-refractivity contribution in [1.29, 1.82) is 0 Å². The molecule has 0 saturated carbocycles. The number of nitrogens with zero attached hydrogens (tertiary/aromatic N) is 1. The SMILES string of the molecule is CCCCN(C(F)(F)F)C(F)(F)F. The van der Waals surface area contributed by atoms with Crippen LogP contribution in [0, 0.1) is 0 Å². The van der Waals surface area contributed by atoms with Crippen LogP contribution >= 0.6 is 0 Å². The van der Waals surface area contributed by atoms with Gasteiger partial charge in [-0.3, -0.25) is 0 Å². The van der Waals surface area contributed by atoms with Crippen LogP contribution in [0.15, 0.2) is 0 Å². The van der Waals surface area contributed by atoms with Gasteiger partial charge in [0.25, 0.3) is 0 Å². The lowest BCUT2D eigenvalue weighted by Crippen LogP contribution is -2.48. The molecule has 0 aromatic carbocycles. The van der Waals surface area contributed by atoms with Crippen molar-refractivity contribution >= 4 is 0 Å². The Morgan fingerprint density at radius 2 is 1.31 bits per heavy atom. The van der Waals surface area contributed by atoms with Crippen LogP contribution in [0.4, 0.5) is 26.3 Å². The first-order valence-corrected chi connectivity index (χ1v) is 3.60. The molecule has 0 aromatic rings. The van der Waals surface area contributed by atoms with E-state index in [9.17, 15) is 26.3 Å². The minimum Gasteiger partial charge on any atom is -0.155 e. The zero-order valence-electron chi connectivity index (χ0n) is 6.84. The Bertz CT molecular complexity index is 134. The molecule has 0 aromatic heterocycles. The zero-order valence-corrected chi connectivity index (χ0v) is 6.84. The highest BCUT2D eigenvalue weighted by atomic mass is 19.4. The summed E-state index contributed by atoms with van der Waals surface area (Å²) in [5, 5.41) is 0. The molecule has 0 aliphatic rings. The summed E-state index contributed by atoms with van der Waals surface area (Å²) in [6.45, 7) is 0.481. The van der Waals surface area contributed by atoms with E-state index in [-0.39, 0.29) is 12.8 Å². The van der Waals surface area contributed by atoms with Crippen LogP contribution in [0.3, 0.4) is 0 Å². The van der Waals surface area contributed by atoms with E-state index in [0.717, 1.165) is 0 Å². The Kier molecular flexibility index (Phi) is 4.02. The highest BCUT2D eigenvalue weighted by molar-refractivity contribution is 4.62. The van der Waals surface area contributed by atoms with Gasteiger partial charge in [0.1, 0.15) is 0 Å². The van der Waals surface area contributed by atoms with E-state index >= 15 is 0 Å². The second kappa shape index (κ2) is 4.17. The summed E-state index contributed by atoms with van der Waals surface area (Å²) < 4.78 is 70.5. The maximum atomic E-state index is 11.7. The topological polar surface area (TPSA) is 3.24 Å². The molecule has 13 heavy (non-hydrogen) atoms. The van der Waals surface area contributed by atoms with Gasteiger partial charge < -0.3 is 0 Å². The molecule has 0 atom stereocenters. The van der Waals surface area contributed by atoms with Gasteiger partial charge >= 0.3 is 12.6 Å². The van der Waals surface area contributed by atoms with Crippen LogP contribution in [0.25, 0.3) is 0 Å². The third-order valence-electron chi connectivity index (χ3n) is 1.35. The molecule has 0 radical (unpaired) electrons. The van der Waals surface area contributed by atoms with Gasteiger partial charge in [-0.05, 0) is 6.42 Å². The van der Waals surface area contributed by atoms with E-state index in [1.165, 1.54) is 6.92 Å². The molecule has 0 aliphatic carbocycles. The van der Waals surface area contributed by atoms with E-state index in [4.69, 9.17) is 0 Å². The summed E-state index contributed by atoms with van der Waals surface area (Å²) in [5.74, 6) is 0. The molecule has 1 nitrogen and oxygen atoms in total. The Morgan fingerprint density at radius 3 is 1.54 bits per heavy atom. The fourth-order valence-corrected chi connectivity index (χ4v) is 0.714. The fraction of sp³-hybridized carbons (Fsp3) is 1.00. The molecule has 7 heteroatoms. The van der Waals surface area contributed by atoms with Crippen molar-refractivity contribution in [1.82, 2.24) is 4.90 Å². The van der Waals surface area contributed by atoms with Crippen LogP contribution < -0.4 is 0 Å². The van der Waals surface area contributed by atoms with Crippen LogP contribution in [0.2, 0.25) is 0 Å². The van der Waals surface area contributed by atoms with Crippen LogP contribution in [0.5, 0.6) is 0 Å². The van der Waals surface area contributed by atoms with Gasteiger partial charge in [-0.15, -0.1) is 4.90 Å². The molecule has 0 N–H and O–H groups in total. The van der Waals surface area contributed by atoms with Crippen molar-refractivity contribution in [3.63, 3.8) is 0 Å². The molecule has 0 heterocycles. The molecular formula is C6H9F6N. The van der Waals surface area contributed by atoms with E-state index in [1.54, 1.807) is 0 Å². The van der Waals surface area contributed by atoms with Crippen molar-refractivity contribution in [3.8, 4) is 0 Å². The summed E-state index contributed by atoms with van der Waals surface area (Å²) in [4.78, 5) is -1.41. The monoisotopic (exact) mass is 209 g/mol. The van der Waals surface area contributed by atoms with Gasteiger partial charge in [0.15, 0.2) is 0 Å². The first-order chi connectivity index (χ1) is 5.69. The zero-order chi connectivity index (χ0) is 10.7. The van der Waals surface area contributed by atoms with Crippen molar-refractivity contribution < 1.29 is 26.3 Å². The third-order valence-corrected chi connectivity index (χ3v) is 1.35. The summed E-state index contributed by atoms with van der Waals surface area (Å²) in [6, 6.07) is 0. The Labute approximate surface area is 71.3 Å². The molecule has 0 spiro atoms. The Hall–Kier alpha value is -0.460. The molecule has 0 aliphatic heterocycles. The predicted octanol–water partition coefficient (Wildman–Crippen LogP) is 3.13. The summed E-state index contributed by atoms with van der Waals surface area (Å²) in [6.07, 6.45) is -10.5. The Morgan fingerprint density at radius 1 is 0.923 bits per heavy atom. The van der Waals surface area contributed by atoms with Crippen LogP contribution in [0.1, 0.15) is 19.8 Å². The van der Waals surface area contributed by atoms with Crippen molar-refractivity contribution in [2.45, 2.75) is 32.4 Å². The number of alkyl halides is 6. The molecule has 80 valence electrons. The highest BCUT2D eigenvalue weighted by Gasteiger charge is 2.52. The van der Waals surface area contributed by atoms with Gasteiger partial charge in [0, 0.05) is 6.54 Å². The number of unbranched alkanes of at least 4 members (excludes halogenated alkanes) is 1. The molecule has 0 amide bonds. The average Bonchev–Trinajstić information content (AvgIpc) is 1.81. The Balaban J connectivity index is 4.39. The first kappa shape index (κ1) is 12.5. The smallest absolute Gasteiger partial charge is 0.155 e. The van der Waals surface area contributed by atoms with E-state index in [2.05, 4.69) is 0 Å². The highest BCUT2D eigenvalue weighted by Crippen LogP contribution is 2.33. The van der Waals surface area contributed by atoms with E-state index < -0.39 is 24.0 Å². The lowest BCUT2D eigenvalue weighted by atomic mass is 10.3. The van der Waals surface area contributed by atoms with E-state index in [1.807, 2.05) is 0 Å². The molecule has 0 unspecified atom stereocenters. The van der Waals surface area contributed by atoms with Crippen LogP contribution in [-0.4, -0.2) is 24.0 Å². The quantitative estimate of drug-likeness (QED) is 0.509. The maximum absolute atomic E-state index is 11.7. The van der Waals surface area contributed by atoms with Crippen molar-refractivity contribution in [3.05, 3.63) is 0 Å². The summed E-state index contributed by atoms with van der Waals surface area (Å²) >= 11 is 0. The molecule has 0 fully saturated rings. The molecule has 0 bridgehead atoms. The second-order valence-corrected chi connectivity index (χ2v) is 2.44. The molecular weight excluding hydrogens is 200 g/mol. The lowest BCUT2D eigenvalue weighted by molar-refractivity contribution is -0.372. The second-order valence-electron chi connectivity index (χ2n) is 2.44. The fourth-order valence-electron chi connectivity index (χ4n) is 0.714. The van der Waals surface area contributed by atoms with Crippen molar-refractivity contribution in [2.75, 3.05) is 6.54 Å². The minimum absolute atomic E-state index is 0.140. The number of halogens is 6. The standard InChI is InChI=1S/C6H9F6N/c1-2-3-4-13(5(7,8)9)6(10,11)12/h2-4H2,1H3. The summed E-state index contributed by atoms with van der Waals surface area (Å²) in [7, 11) is 0. The first-order valence-electron chi connectivity index (χ1n) is 3.60. The normalized spacial score (nSPS) is 13.8. The largest absolute Gasteiger partial charge is 0.467 e. The van der Waals surface area contributed by atoms with Gasteiger partial charge in [-0.25, -0.2) is 0 Å². The van der Waals surface area contributed by atoms with Gasteiger partial charge in [0.05, 0.1) is 0 Å². The lowest BCUT2D eigenvalue weighted by Gasteiger charge is -2.26. The third kappa shape index (κ3) is 4.35. The minimum atomic E-state index is -5.34. The van der Waals surface area contributed by atoms with Gasteiger partial charge in [0.2, 0.25) is 0 Å². The number of rotatable bonds is 3. The predicted molar refractivity (Wildman–Crippen MR) is 33.7 cm³/mol. The van der Waals surface area contributed by atoms with Crippen molar-refractivity contribution in [2.24, 2.45) is 0 Å². The van der Waals surface area contributed by atoms with Gasteiger partial charge in [-0.2, -0.15) is 26.3 Å². The maximum Gasteiger partial charge on any atom is 0.467 e. The van der Waals surface area contributed by atoms with E-state index in [0.29, 0.717) is 0 Å².